The van der Waals surface area contributed by atoms with E-state index in [1.54, 1.807) is 4.90 Å². The summed E-state index contributed by atoms with van der Waals surface area (Å²) in [6.07, 6.45) is 6.14. The first-order valence-corrected chi connectivity index (χ1v) is 7.28. The summed E-state index contributed by atoms with van der Waals surface area (Å²) >= 11 is 1.03. The Kier molecular flexibility index (Phi) is 3.22. The molecule has 19 heavy (non-hydrogen) atoms. The fraction of sp³-hybridized carbons (Fsp3) is 0.667. The van der Waals surface area contributed by atoms with Crippen LogP contribution in [-0.4, -0.2) is 43.6 Å². The van der Waals surface area contributed by atoms with Gasteiger partial charge in [0.05, 0.1) is 6.20 Å². The van der Waals surface area contributed by atoms with E-state index in [4.69, 9.17) is 0 Å². The van der Waals surface area contributed by atoms with Crippen molar-refractivity contribution >= 4 is 23.4 Å². The largest absolute Gasteiger partial charge is 0.480 e. The zero-order valence-corrected chi connectivity index (χ0v) is 11.2. The van der Waals surface area contributed by atoms with E-state index in [2.05, 4.69) is 9.59 Å². The summed E-state index contributed by atoms with van der Waals surface area (Å²) < 4.78 is 3.69. The molecule has 2 fully saturated rings. The lowest BCUT2D eigenvalue weighted by molar-refractivity contribution is -0.141. The number of carboxylic acids is 1. The average Bonchev–Trinajstić information content (AvgIpc) is 3.05. The van der Waals surface area contributed by atoms with Crippen molar-refractivity contribution in [2.24, 2.45) is 5.92 Å². The second kappa shape index (κ2) is 4.88. The lowest BCUT2D eigenvalue weighted by Crippen LogP contribution is -2.46. The molecule has 102 valence electrons. The summed E-state index contributed by atoms with van der Waals surface area (Å²) in [5.74, 6) is -0.795. The van der Waals surface area contributed by atoms with Gasteiger partial charge in [-0.1, -0.05) is 17.3 Å². The zero-order valence-electron chi connectivity index (χ0n) is 10.4. The number of likely N-dealkylation sites (tertiary alicyclic amines) is 1. The smallest absolute Gasteiger partial charge is 0.326 e. The lowest BCUT2D eigenvalue weighted by atomic mass is 9.85. The molecular formula is C12H15N3O3S. The molecule has 1 aliphatic heterocycles. The van der Waals surface area contributed by atoms with E-state index < -0.39 is 12.0 Å². The Labute approximate surface area is 114 Å². The Hall–Kier alpha value is -1.50. The summed E-state index contributed by atoms with van der Waals surface area (Å²) in [6.45, 7) is 0. The van der Waals surface area contributed by atoms with Gasteiger partial charge in [-0.05, 0) is 36.7 Å². The molecule has 0 bridgehead atoms. The van der Waals surface area contributed by atoms with Crippen LogP contribution >= 0.6 is 11.5 Å². The molecule has 3 rings (SSSR count). The van der Waals surface area contributed by atoms with Gasteiger partial charge in [-0.25, -0.2) is 4.79 Å². The van der Waals surface area contributed by atoms with Crippen LogP contribution in [0, 0.1) is 5.92 Å². The maximum absolute atomic E-state index is 12.5. The molecule has 3 atom stereocenters. The molecule has 0 spiro atoms. The van der Waals surface area contributed by atoms with Crippen LogP contribution in [0.15, 0.2) is 6.20 Å². The maximum Gasteiger partial charge on any atom is 0.326 e. The highest BCUT2D eigenvalue weighted by Gasteiger charge is 2.47. The first-order valence-electron chi connectivity index (χ1n) is 6.51. The number of aliphatic carboxylic acids is 1. The Morgan fingerprint density at radius 2 is 2.16 bits per heavy atom. The van der Waals surface area contributed by atoms with Gasteiger partial charge in [-0.15, -0.1) is 5.10 Å². The first-order chi connectivity index (χ1) is 9.18. The molecule has 3 unspecified atom stereocenters. The summed E-state index contributed by atoms with van der Waals surface area (Å²) in [5, 5.41) is 13.0. The van der Waals surface area contributed by atoms with Crippen LogP contribution in [0.3, 0.4) is 0 Å². The molecule has 1 saturated heterocycles. The first kappa shape index (κ1) is 12.5. The molecule has 1 amide bonds. The molecule has 0 aromatic carbocycles. The molecule has 7 heteroatoms. The van der Waals surface area contributed by atoms with Gasteiger partial charge in [0.15, 0.2) is 0 Å². The number of carbonyl (C=O) groups excluding carboxylic acids is 1. The van der Waals surface area contributed by atoms with E-state index in [-0.39, 0.29) is 11.9 Å². The van der Waals surface area contributed by atoms with Crippen molar-refractivity contribution in [3.05, 3.63) is 11.1 Å². The van der Waals surface area contributed by atoms with Crippen molar-refractivity contribution in [3.8, 4) is 0 Å². The molecule has 6 nitrogen and oxygen atoms in total. The Balaban J connectivity index is 1.90. The van der Waals surface area contributed by atoms with Gasteiger partial charge in [0, 0.05) is 6.04 Å². The number of nitrogens with zero attached hydrogens (tertiary/aromatic N) is 3. The van der Waals surface area contributed by atoms with Crippen molar-refractivity contribution < 1.29 is 14.7 Å². The number of hydrogen-bond acceptors (Lipinski definition) is 5. The Bertz CT molecular complexity index is 490. The molecule has 2 heterocycles. The van der Waals surface area contributed by atoms with Crippen molar-refractivity contribution in [2.75, 3.05) is 0 Å². The van der Waals surface area contributed by atoms with Crippen molar-refractivity contribution in [2.45, 2.75) is 44.2 Å². The maximum atomic E-state index is 12.5. The molecule has 1 aliphatic carbocycles. The molecule has 1 N–H and O–H groups in total. The van der Waals surface area contributed by atoms with E-state index in [1.807, 2.05) is 0 Å². The molecule has 1 aromatic rings. The van der Waals surface area contributed by atoms with Gasteiger partial charge in [-0.3, -0.25) is 4.79 Å². The summed E-state index contributed by atoms with van der Waals surface area (Å²) in [7, 11) is 0. The van der Waals surface area contributed by atoms with Gasteiger partial charge in [0.2, 0.25) is 0 Å². The number of rotatable bonds is 2. The molecule has 1 aromatic heterocycles. The standard InChI is InChI=1S/C12H15N3O3S/c16-11(10-6-13-14-19-10)15-8-4-2-1-3-7(8)5-9(15)12(17)18/h6-9H,1-5H2,(H,17,18). The van der Waals surface area contributed by atoms with E-state index in [1.165, 1.54) is 6.20 Å². The topological polar surface area (TPSA) is 83.4 Å². The van der Waals surface area contributed by atoms with Crippen molar-refractivity contribution in [3.63, 3.8) is 0 Å². The number of carbonyl (C=O) groups is 2. The van der Waals surface area contributed by atoms with Crippen molar-refractivity contribution in [1.82, 2.24) is 14.5 Å². The lowest BCUT2D eigenvalue weighted by Gasteiger charge is -2.32. The van der Waals surface area contributed by atoms with Gasteiger partial charge in [0.25, 0.3) is 5.91 Å². The average molecular weight is 281 g/mol. The van der Waals surface area contributed by atoms with Crippen molar-refractivity contribution in [1.29, 1.82) is 0 Å². The molecule has 2 aliphatic rings. The van der Waals surface area contributed by atoms with Crippen LogP contribution in [0.4, 0.5) is 0 Å². The third kappa shape index (κ3) is 2.11. The van der Waals surface area contributed by atoms with Crippen LogP contribution in [0.25, 0.3) is 0 Å². The zero-order chi connectivity index (χ0) is 13.4. The fourth-order valence-electron chi connectivity index (χ4n) is 3.36. The monoisotopic (exact) mass is 281 g/mol. The SMILES string of the molecule is O=C(O)C1CC2CCCCC2N1C(=O)c1cnns1. The quantitative estimate of drug-likeness (QED) is 0.885. The summed E-state index contributed by atoms with van der Waals surface area (Å²) in [6, 6.07) is -0.618. The predicted molar refractivity (Wildman–Crippen MR) is 67.9 cm³/mol. The van der Waals surface area contributed by atoms with Gasteiger partial charge >= 0.3 is 5.97 Å². The van der Waals surface area contributed by atoms with Crippen LogP contribution in [0.2, 0.25) is 0 Å². The van der Waals surface area contributed by atoms with Crippen LogP contribution in [-0.2, 0) is 4.79 Å². The number of fused-ring (bicyclic) bond motifs is 1. The minimum atomic E-state index is -0.903. The minimum Gasteiger partial charge on any atom is -0.480 e. The Morgan fingerprint density at radius 3 is 2.84 bits per heavy atom. The van der Waals surface area contributed by atoms with E-state index in [0.717, 1.165) is 37.2 Å². The molecule has 1 saturated carbocycles. The fourth-order valence-corrected chi connectivity index (χ4v) is 3.82. The van der Waals surface area contributed by atoms with Gasteiger partial charge < -0.3 is 10.0 Å². The predicted octanol–water partition coefficient (Wildman–Crippen LogP) is 1.40. The normalized spacial score (nSPS) is 30.1. The van der Waals surface area contributed by atoms with Gasteiger partial charge in [-0.2, -0.15) is 0 Å². The Morgan fingerprint density at radius 1 is 1.37 bits per heavy atom. The van der Waals surface area contributed by atoms with Crippen LogP contribution in [0.5, 0.6) is 0 Å². The molecular weight excluding hydrogens is 266 g/mol. The van der Waals surface area contributed by atoms with Crippen LogP contribution < -0.4 is 0 Å². The summed E-state index contributed by atoms with van der Waals surface area (Å²) in [5.41, 5.74) is 0. The van der Waals surface area contributed by atoms with Gasteiger partial charge in [0.1, 0.15) is 10.9 Å². The van der Waals surface area contributed by atoms with E-state index >= 15 is 0 Å². The third-order valence-electron chi connectivity index (χ3n) is 4.18. The molecule has 0 radical (unpaired) electrons. The van der Waals surface area contributed by atoms with Crippen LogP contribution in [0.1, 0.15) is 41.8 Å². The number of carboxylic acid groups (broad SMARTS) is 1. The van der Waals surface area contributed by atoms with E-state index in [0.29, 0.717) is 17.2 Å². The number of aromatic nitrogens is 2. The summed E-state index contributed by atoms with van der Waals surface area (Å²) in [4.78, 5) is 25.9. The second-order valence-electron chi connectivity index (χ2n) is 5.20. The van der Waals surface area contributed by atoms with E-state index in [9.17, 15) is 14.7 Å². The third-order valence-corrected chi connectivity index (χ3v) is 4.83. The number of amides is 1. The highest BCUT2D eigenvalue weighted by Crippen LogP contribution is 2.40. The number of hydrogen-bond donors (Lipinski definition) is 1. The highest BCUT2D eigenvalue weighted by molar-refractivity contribution is 7.07. The minimum absolute atomic E-state index is 0.0736. The second-order valence-corrected chi connectivity index (χ2v) is 5.98. The highest BCUT2D eigenvalue weighted by atomic mass is 32.1.